The molecule has 0 fully saturated rings. The van der Waals surface area contributed by atoms with Gasteiger partial charge in [-0.1, -0.05) is 30.3 Å². The molecule has 2 aromatic carbocycles. The van der Waals surface area contributed by atoms with Gasteiger partial charge in [-0.05, 0) is 37.1 Å². The highest BCUT2D eigenvalue weighted by molar-refractivity contribution is 6.36. The van der Waals surface area contributed by atoms with E-state index in [-0.39, 0.29) is 28.1 Å². The van der Waals surface area contributed by atoms with E-state index in [2.05, 4.69) is 11.4 Å². The van der Waals surface area contributed by atoms with E-state index >= 15 is 0 Å². The normalized spacial score (nSPS) is 14.4. The Balaban J connectivity index is 1.68. The van der Waals surface area contributed by atoms with E-state index in [0.29, 0.717) is 24.3 Å². The quantitative estimate of drug-likeness (QED) is 0.687. The van der Waals surface area contributed by atoms with Gasteiger partial charge in [0.25, 0.3) is 17.7 Å². The zero-order valence-electron chi connectivity index (χ0n) is 15.9. The van der Waals surface area contributed by atoms with Crippen molar-refractivity contribution < 1.29 is 14.4 Å². The van der Waals surface area contributed by atoms with E-state index in [1.165, 1.54) is 0 Å². The predicted octanol–water partition coefficient (Wildman–Crippen LogP) is 3.36. The van der Waals surface area contributed by atoms with Crippen LogP contribution in [0.4, 0.5) is 11.4 Å². The topological polar surface area (TPSA) is 95.2 Å². The fraction of sp³-hybridized carbons (Fsp3) is 0.130. The molecule has 2 aliphatic heterocycles. The highest BCUT2D eigenvalue weighted by Crippen LogP contribution is 2.39. The van der Waals surface area contributed by atoms with E-state index in [9.17, 15) is 19.6 Å². The van der Waals surface area contributed by atoms with Crippen LogP contribution >= 0.6 is 0 Å². The Hall–Kier alpha value is -4.18. The summed E-state index contributed by atoms with van der Waals surface area (Å²) in [4.78, 5) is 40.4. The molecule has 1 aromatic heterocycles. The Morgan fingerprint density at radius 1 is 0.967 bits per heavy atom. The van der Waals surface area contributed by atoms with Crippen LogP contribution in [-0.2, 0) is 13.0 Å². The molecule has 30 heavy (non-hydrogen) atoms. The summed E-state index contributed by atoms with van der Waals surface area (Å²) in [5.41, 5.74) is 2.26. The van der Waals surface area contributed by atoms with Gasteiger partial charge in [0.05, 0.1) is 16.7 Å². The van der Waals surface area contributed by atoms with Crippen LogP contribution in [0.15, 0.2) is 54.6 Å². The molecule has 1 N–H and O–H groups in total. The van der Waals surface area contributed by atoms with Crippen LogP contribution in [0, 0.1) is 11.3 Å². The number of para-hydroxylation sites is 1. The molecule has 7 heteroatoms. The van der Waals surface area contributed by atoms with Crippen molar-refractivity contribution in [1.29, 1.82) is 5.26 Å². The van der Waals surface area contributed by atoms with Crippen molar-refractivity contribution in [2.45, 2.75) is 19.4 Å². The average molecular weight is 396 g/mol. The fourth-order valence-electron chi connectivity index (χ4n) is 4.23. The van der Waals surface area contributed by atoms with Gasteiger partial charge in [0.15, 0.2) is 0 Å². The van der Waals surface area contributed by atoms with Crippen LogP contribution in [0.1, 0.15) is 48.9 Å². The molecule has 0 spiro atoms. The number of benzene rings is 2. The van der Waals surface area contributed by atoms with E-state index in [4.69, 9.17) is 0 Å². The molecule has 5 rings (SSSR count). The van der Waals surface area contributed by atoms with Crippen LogP contribution in [0.25, 0.3) is 0 Å². The van der Waals surface area contributed by atoms with Gasteiger partial charge in [0.2, 0.25) is 0 Å². The minimum atomic E-state index is -0.523. The third-order valence-corrected chi connectivity index (χ3v) is 5.52. The number of hydrogen-bond donors (Lipinski definition) is 1. The van der Waals surface area contributed by atoms with Gasteiger partial charge >= 0.3 is 0 Å². The zero-order chi connectivity index (χ0) is 20.8. The summed E-state index contributed by atoms with van der Waals surface area (Å²) >= 11 is 0. The summed E-state index contributed by atoms with van der Waals surface area (Å²) in [5.74, 6) is -1.51. The largest absolute Gasteiger partial charge is 0.337 e. The van der Waals surface area contributed by atoms with Crippen molar-refractivity contribution >= 4 is 29.1 Å². The first kappa shape index (κ1) is 17.9. The molecule has 3 heterocycles. The molecule has 7 nitrogen and oxygen atoms in total. The van der Waals surface area contributed by atoms with Crippen LogP contribution < -0.4 is 10.2 Å². The van der Waals surface area contributed by atoms with Gasteiger partial charge < -0.3 is 9.88 Å². The van der Waals surface area contributed by atoms with Gasteiger partial charge in [-0.2, -0.15) is 5.26 Å². The zero-order valence-corrected chi connectivity index (χ0v) is 15.9. The minimum Gasteiger partial charge on any atom is -0.337 e. The molecule has 0 atom stereocenters. The smallest absolute Gasteiger partial charge is 0.274 e. The lowest BCUT2D eigenvalue weighted by Crippen LogP contribution is -2.32. The first-order valence-electron chi connectivity index (χ1n) is 9.61. The SMILES string of the molecule is N#Cc1c(N2C(=O)c3ccccc3C2=O)c(C(=O)Nc2ccccc2)n2c1CCC2. The number of nitriles is 1. The number of imide groups is 1. The maximum absolute atomic E-state index is 13.3. The number of anilines is 2. The second-order valence-corrected chi connectivity index (χ2v) is 7.20. The van der Waals surface area contributed by atoms with E-state index in [1.54, 1.807) is 53.1 Å². The number of hydrogen-bond acceptors (Lipinski definition) is 4. The second-order valence-electron chi connectivity index (χ2n) is 7.20. The standard InChI is InChI=1S/C23H16N4O3/c24-13-17-18-11-6-12-26(18)20(21(28)25-14-7-2-1-3-8-14)19(17)27-22(29)15-9-4-5-10-16(15)23(27)30/h1-5,7-10H,6,11-12H2,(H,25,28). The summed E-state index contributed by atoms with van der Waals surface area (Å²) in [7, 11) is 0. The van der Waals surface area contributed by atoms with Gasteiger partial charge in [-0.3, -0.25) is 14.4 Å². The molecular formula is C23H16N4O3. The number of nitrogens with one attached hydrogen (secondary N) is 1. The van der Waals surface area contributed by atoms with Gasteiger partial charge in [0, 0.05) is 17.9 Å². The van der Waals surface area contributed by atoms with Crippen molar-refractivity contribution in [2.24, 2.45) is 0 Å². The lowest BCUT2D eigenvalue weighted by molar-refractivity contribution is 0.0926. The van der Waals surface area contributed by atoms with Crippen molar-refractivity contribution in [3.8, 4) is 6.07 Å². The van der Waals surface area contributed by atoms with Crippen molar-refractivity contribution in [2.75, 3.05) is 10.2 Å². The third kappa shape index (κ3) is 2.47. The summed E-state index contributed by atoms with van der Waals surface area (Å²) < 4.78 is 1.76. The lowest BCUT2D eigenvalue weighted by atomic mass is 10.1. The number of amides is 3. The van der Waals surface area contributed by atoms with Gasteiger partial charge in [-0.25, -0.2) is 4.90 Å². The van der Waals surface area contributed by atoms with Gasteiger partial charge in [-0.15, -0.1) is 0 Å². The highest BCUT2D eigenvalue weighted by Gasteiger charge is 2.43. The molecule has 146 valence electrons. The number of fused-ring (bicyclic) bond motifs is 2. The van der Waals surface area contributed by atoms with Crippen LogP contribution in [0.3, 0.4) is 0 Å². The van der Waals surface area contributed by atoms with Crippen molar-refractivity contribution in [3.05, 3.63) is 82.7 Å². The molecule has 3 aromatic rings. The summed E-state index contributed by atoms with van der Waals surface area (Å²) in [6.45, 7) is 0.546. The number of aromatic nitrogens is 1. The van der Waals surface area contributed by atoms with Crippen LogP contribution in [0.5, 0.6) is 0 Å². The maximum Gasteiger partial charge on any atom is 0.274 e. The Kier molecular flexibility index (Phi) is 4.00. The fourth-order valence-corrected chi connectivity index (χ4v) is 4.23. The van der Waals surface area contributed by atoms with E-state index in [0.717, 1.165) is 11.3 Å². The average Bonchev–Trinajstić information content (AvgIpc) is 3.41. The maximum atomic E-state index is 13.3. The Morgan fingerprint density at radius 2 is 1.60 bits per heavy atom. The second kappa shape index (κ2) is 6.71. The molecule has 0 unspecified atom stereocenters. The van der Waals surface area contributed by atoms with Crippen molar-refractivity contribution in [3.63, 3.8) is 0 Å². The van der Waals surface area contributed by atoms with E-state index < -0.39 is 17.7 Å². The minimum absolute atomic E-state index is 0.0758. The Morgan fingerprint density at radius 3 is 2.23 bits per heavy atom. The molecule has 0 saturated carbocycles. The van der Waals surface area contributed by atoms with Crippen LogP contribution in [-0.4, -0.2) is 22.3 Å². The number of carbonyl (C=O) groups is 3. The summed E-state index contributed by atoms with van der Waals surface area (Å²) in [6, 6.07) is 17.6. The van der Waals surface area contributed by atoms with Crippen LogP contribution in [0.2, 0.25) is 0 Å². The van der Waals surface area contributed by atoms with Crippen molar-refractivity contribution in [1.82, 2.24) is 4.57 Å². The molecule has 3 amide bonds. The molecule has 0 bridgehead atoms. The molecule has 0 radical (unpaired) electrons. The first-order valence-corrected chi connectivity index (χ1v) is 9.61. The molecule has 0 saturated heterocycles. The summed E-state index contributed by atoms with van der Waals surface area (Å²) in [5, 5.41) is 12.7. The number of nitrogens with zero attached hydrogens (tertiary/aromatic N) is 3. The first-order chi connectivity index (χ1) is 14.6. The highest BCUT2D eigenvalue weighted by atomic mass is 16.2. The monoisotopic (exact) mass is 396 g/mol. The summed E-state index contributed by atoms with van der Waals surface area (Å²) in [6.07, 6.45) is 1.40. The Bertz CT molecular complexity index is 1230. The molecular weight excluding hydrogens is 380 g/mol. The third-order valence-electron chi connectivity index (χ3n) is 5.52. The molecule has 0 aliphatic carbocycles. The predicted molar refractivity (Wildman–Crippen MR) is 109 cm³/mol. The van der Waals surface area contributed by atoms with E-state index in [1.807, 2.05) is 6.07 Å². The van der Waals surface area contributed by atoms with Gasteiger partial charge in [0.1, 0.15) is 17.5 Å². The number of rotatable bonds is 3. The lowest BCUT2D eigenvalue weighted by Gasteiger charge is -2.17. The number of carbonyl (C=O) groups excluding carboxylic acids is 3. The molecule has 2 aliphatic rings. The Labute approximate surface area is 172 Å².